The molecule has 0 aliphatic carbocycles. The van der Waals surface area contributed by atoms with E-state index in [4.69, 9.17) is 4.74 Å². The average Bonchev–Trinajstić information content (AvgIpc) is 2.27. The summed E-state index contributed by atoms with van der Waals surface area (Å²) < 4.78 is 31.5. The molecule has 0 spiro atoms. The third-order valence-electron chi connectivity index (χ3n) is 2.19. The summed E-state index contributed by atoms with van der Waals surface area (Å²) in [5.74, 6) is -0.192. The number of rotatable bonds is 2. The summed E-state index contributed by atoms with van der Waals surface area (Å²) in [5.41, 5.74) is 0.467. The van der Waals surface area contributed by atoms with Crippen LogP contribution in [-0.4, -0.2) is 0 Å². The zero-order valence-corrected chi connectivity index (χ0v) is 8.71. The minimum Gasteiger partial charge on any atom is -0.454 e. The molecular weight excluding hydrogens is 210 g/mol. The number of hydrogen-bond donors (Lipinski definition) is 0. The Balaban J connectivity index is 2.28. The van der Waals surface area contributed by atoms with Crippen LogP contribution < -0.4 is 4.74 Å². The molecule has 0 aliphatic rings. The van der Waals surface area contributed by atoms with Crippen molar-refractivity contribution in [3.63, 3.8) is 0 Å². The molecule has 82 valence electrons. The highest BCUT2D eigenvalue weighted by Crippen LogP contribution is 2.25. The van der Waals surface area contributed by atoms with Crippen LogP contribution in [0.4, 0.5) is 8.78 Å². The summed E-state index contributed by atoms with van der Waals surface area (Å²) in [6.07, 6.45) is 0. The highest BCUT2D eigenvalue weighted by Gasteiger charge is 2.04. The zero-order valence-electron chi connectivity index (χ0n) is 8.71. The Morgan fingerprint density at radius 3 is 2.38 bits per heavy atom. The molecule has 0 aromatic heterocycles. The molecule has 0 aliphatic heterocycles. The van der Waals surface area contributed by atoms with Crippen LogP contribution in [0.1, 0.15) is 5.56 Å². The first-order valence-electron chi connectivity index (χ1n) is 4.85. The van der Waals surface area contributed by atoms with Crippen LogP contribution in [0.5, 0.6) is 11.5 Å². The molecule has 0 atom stereocenters. The Morgan fingerprint density at radius 1 is 0.938 bits per heavy atom. The fraction of sp³-hybridized carbons (Fsp3) is 0.0769. The van der Waals surface area contributed by atoms with E-state index in [9.17, 15) is 8.78 Å². The molecule has 2 aromatic rings. The molecular formula is C13H10F2O. The first-order chi connectivity index (χ1) is 7.66. The van der Waals surface area contributed by atoms with Crippen molar-refractivity contribution in [3.05, 3.63) is 59.7 Å². The molecule has 2 rings (SSSR count). The van der Waals surface area contributed by atoms with Crippen molar-refractivity contribution in [2.45, 2.75) is 6.92 Å². The molecule has 3 heteroatoms. The van der Waals surface area contributed by atoms with E-state index >= 15 is 0 Å². The van der Waals surface area contributed by atoms with E-state index in [-0.39, 0.29) is 11.6 Å². The van der Waals surface area contributed by atoms with Gasteiger partial charge in [-0.25, -0.2) is 8.78 Å². The maximum absolute atomic E-state index is 13.3. The quantitative estimate of drug-likeness (QED) is 0.741. The Morgan fingerprint density at radius 2 is 1.69 bits per heavy atom. The second-order valence-electron chi connectivity index (χ2n) is 3.44. The van der Waals surface area contributed by atoms with Gasteiger partial charge < -0.3 is 4.74 Å². The topological polar surface area (TPSA) is 9.23 Å². The van der Waals surface area contributed by atoms with Gasteiger partial charge in [0.05, 0.1) is 0 Å². The predicted molar refractivity (Wildman–Crippen MR) is 57.6 cm³/mol. The second-order valence-corrected chi connectivity index (χ2v) is 3.44. The molecule has 0 fully saturated rings. The van der Waals surface area contributed by atoms with E-state index in [1.807, 2.05) is 0 Å². The molecule has 0 bridgehead atoms. The van der Waals surface area contributed by atoms with Crippen molar-refractivity contribution in [1.82, 2.24) is 0 Å². The Labute approximate surface area is 92.3 Å². The normalized spacial score (nSPS) is 10.2. The molecule has 0 amide bonds. The van der Waals surface area contributed by atoms with E-state index in [0.717, 1.165) is 0 Å². The molecule has 0 heterocycles. The number of benzene rings is 2. The maximum atomic E-state index is 13.3. The SMILES string of the molecule is Cc1cc(Oc2ccccc2F)ccc1F. The van der Waals surface area contributed by atoms with Crippen molar-refractivity contribution >= 4 is 0 Å². The standard InChI is InChI=1S/C13H10F2O/c1-9-8-10(6-7-11(9)14)16-13-5-3-2-4-12(13)15/h2-8H,1H3. The smallest absolute Gasteiger partial charge is 0.165 e. The lowest BCUT2D eigenvalue weighted by Gasteiger charge is -2.07. The van der Waals surface area contributed by atoms with Crippen molar-refractivity contribution in [3.8, 4) is 11.5 Å². The minimum absolute atomic E-state index is 0.133. The van der Waals surface area contributed by atoms with Gasteiger partial charge in [0.1, 0.15) is 11.6 Å². The zero-order chi connectivity index (χ0) is 11.5. The van der Waals surface area contributed by atoms with Gasteiger partial charge >= 0.3 is 0 Å². The number of ether oxygens (including phenoxy) is 1. The monoisotopic (exact) mass is 220 g/mol. The Bertz CT molecular complexity index is 509. The molecule has 0 saturated heterocycles. The molecule has 1 nitrogen and oxygen atoms in total. The van der Waals surface area contributed by atoms with Gasteiger partial charge in [0.25, 0.3) is 0 Å². The Kier molecular flexibility index (Phi) is 2.86. The highest BCUT2D eigenvalue weighted by molar-refractivity contribution is 5.34. The molecule has 0 N–H and O–H groups in total. The van der Waals surface area contributed by atoms with Crippen LogP contribution in [0.3, 0.4) is 0 Å². The summed E-state index contributed by atoms with van der Waals surface area (Å²) >= 11 is 0. The number of para-hydroxylation sites is 1. The van der Waals surface area contributed by atoms with Crippen LogP contribution in [-0.2, 0) is 0 Å². The lowest BCUT2D eigenvalue weighted by atomic mass is 10.2. The van der Waals surface area contributed by atoms with Crippen LogP contribution in [0.2, 0.25) is 0 Å². The van der Waals surface area contributed by atoms with Crippen molar-refractivity contribution in [1.29, 1.82) is 0 Å². The van der Waals surface area contributed by atoms with E-state index in [2.05, 4.69) is 0 Å². The molecule has 0 unspecified atom stereocenters. The van der Waals surface area contributed by atoms with Crippen LogP contribution >= 0.6 is 0 Å². The van der Waals surface area contributed by atoms with E-state index in [0.29, 0.717) is 11.3 Å². The summed E-state index contributed by atoms with van der Waals surface area (Å²) in [6.45, 7) is 1.63. The number of halogens is 2. The minimum atomic E-state index is -0.440. The van der Waals surface area contributed by atoms with Crippen molar-refractivity contribution < 1.29 is 13.5 Å². The van der Waals surface area contributed by atoms with Gasteiger partial charge in [0.15, 0.2) is 11.6 Å². The fourth-order valence-electron chi connectivity index (χ4n) is 1.34. The number of aryl methyl sites for hydroxylation is 1. The largest absolute Gasteiger partial charge is 0.454 e. The molecule has 0 saturated carbocycles. The van der Waals surface area contributed by atoms with Crippen LogP contribution in [0, 0.1) is 18.6 Å². The van der Waals surface area contributed by atoms with Gasteiger partial charge in [-0.15, -0.1) is 0 Å². The van der Waals surface area contributed by atoms with E-state index < -0.39 is 5.82 Å². The average molecular weight is 220 g/mol. The summed E-state index contributed by atoms with van der Waals surface area (Å²) in [6, 6.07) is 10.4. The van der Waals surface area contributed by atoms with Gasteiger partial charge in [-0.3, -0.25) is 0 Å². The third-order valence-corrected chi connectivity index (χ3v) is 2.19. The third kappa shape index (κ3) is 2.19. The predicted octanol–water partition coefficient (Wildman–Crippen LogP) is 4.07. The van der Waals surface area contributed by atoms with Crippen molar-refractivity contribution in [2.75, 3.05) is 0 Å². The lowest BCUT2D eigenvalue weighted by Crippen LogP contribution is -1.89. The molecule has 16 heavy (non-hydrogen) atoms. The first-order valence-corrected chi connectivity index (χ1v) is 4.85. The first kappa shape index (κ1) is 10.6. The van der Waals surface area contributed by atoms with E-state index in [1.54, 1.807) is 19.1 Å². The fourth-order valence-corrected chi connectivity index (χ4v) is 1.34. The summed E-state index contributed by atoms with van der Waals surface area (Å²) in [5, 5.41) is 0. The van der Waals surface area contributed by atoms with Crippen LogP contribution in [0.15, 0.2) is 42.5 Å². The number of hydrogen-bond acceptors (Lipinski definition) is 1. The van der Waals surface area contributed by atoms with Gasteiger partial charge in [0, 0.05) is 0 Å². The van der Waals surface area contributed by atoms with Crippen molar-refractivity contribution in [2.24, 2.45) is 0 Å². The lowest BCUT2D eigenvalue weighted by molar-refractivity contribution is 0.440. The van der Waals surface area contributed by atoms with E-state index in [1.165, 1.54) is 30.3 Å². The summed E-state index contributed by atoms with van der Waals surface area (Å²) in [7, 11) is 0. The van der Waals surface area contributed by atoms with Crippen LogP contribution in [0.25, 0.3) is 0 Å². The highest BCUT2D eigenvalue weighted by atomic mass is 19.1. The molecule has 2 aromatic carbocycles. The Hall–Kier alpha value is -1.90. The second kappa shape index (κ2) is 4.31. The molecule has 0 radical (unpaired) electrons. The van der Waals surface area contributed by atoms with Gasteiger partial charge in [-0.1, -0.05) is 12.1 Å². The maximum Gasteiger partial charge on any atom is 0.165 e. The summed E-state index contributed by atoms with van der Waals surface area (Å²) in [4.78, 5) is 0. The van der Waals surface area contributed by atoms with Gasteiger partial charge in [-0.05, 0) is 42.8 Å². The van der Waals surface area contributed by atoms with Gasteiger partial charge in [-0.2, -0.15) is 0 Å². The van der Waals surface area contributed by atoms with Gasteiger partial charge in [0.2, 0.25) is 0 Å².